The van der Waals surface area contributed by atoms with Crippen LogP contribution in [0.5, 0.6) is 0 Å². The molecule has 1 heterocycles. The molecule has 1 aromatic carbocycles. The van der Waals surface area contributed by atoms with E-state index in [1.165, 1.54) is 0 Å². The van der Waals surface area contributed by atoms with Gasteiger partial charge in [0.2, 0.25) is 5.96 Å². The Hall–Kier alpha value is -2.18. The minimum absolute atomic E-state index is 0.484. The smallest absolute Gasteiger partial charge is 0.210 e. The second kappa shape index (κ2) is 6.83. The van der Waals surface area contributed by atoms with E-state index in [4.69, 9.17) is 10.6 Å². The number of fused-ring (bicyclic) bond motifs is 1. The molecule has 0 aliphatic rings. The average molecular weight is 273 g/mol. The van der Waals surface area contributed by atoms with Crippen LogP contribution in [0.3, 0.4) is 0 Å². The molecule has 0 atom stereocenters. The Bertz CT molecular complexity index is 612. The number of nitrogens with one attached hydrogen (secondary N) is 2. The van der Waals surface area contributed by atoms with E-state index in [1.807, 2.05) is 37.3 Å². The number of guanidine groups is 1. The first kappa shape index (κ1) is 14.2. The van der Waals surface area contributed by atoms with Crippen LogP contribution in [0.15, 0.2) is 35.3 Å². The number of methoxy groups -OCH3 is 1. The first-order valence-electron chi connectivity index (χ1n) is 6.38. The highest BCUT2D eigenvalue weighted by Crippen LogP contribution is 2.21. The molecule has 6 heteroatoms. The second-order valence-electron chi connectivity index (χ2n) is 4.32. The highest BCUT2D eigenvalue weighted by molar-refractivity contribution is 6.01. The minimum atomic E-state index is 0.484. The summed E-state index contributed by atoms with van der Waals surface area (Å²) >= 11 is 0. The number of benzene rings is 1. The molecule has 1 aromatic heterocycles. The van der Waals surface area contributed by atoms with Gasteiger partial charge in [-0.05, 0) is 19.1 Å². The van der Waals surface area contributed by atoms with Gasteiger partial charge in [-0.25, -0.2) is 10.8 Å². The third-order valence-corrected chi connectivity index (χ3v) is 2.81. The number of para-hydroxylation sites is 1. The zero-order valence-electron chi connectivity index (χ0n) is 11.7. The zero-order valence-corrected chi connectivity index (χ0v) is 11.7. The minimum Gasteiger partial charge on any atom is -0.383 e. The van der Waals surface area contributed by atoms with Gasteiger partial charge in [0, 0.05) is 18.2 Å². The van der Waals surface area contributed by atoms with Gasteiger partial charge in [0.1, 0.15) is 0 Å². The summed E-state index contributed by atoms with van der Waals surface area (Å²) in [5.41, 5.74) is 5.26. The van der Waals surface area contributed by atoms with E-state index in [0.717, 1.165) is 22.3 Å². The van der Waals surface area contributed by atoms with Gasteiger partial charge in [-0.1, -0.05) is 18.2 Å². The van der Waals surface area contributed by atoms with Crippen molar-refractivity contribution in [2.45, 2.75) is 6.92 Å². The Kier molecular flexibility index (Phi) is 4.86. The molecule has 0 radical (unpaired) electrons. The van der Waals surface area contributed by atoms with Crippen LogP contribution in [0.25, 0.3) is 10.9 Å². The molecule has 0 aliphatic carbocycles. The first-order valence-corrected chi connectivity index (χ1v) is 6.38. The standard InChI is InChI=1S/C14H19N5O/c1-10-6-7-11-4-3-5-12(13(11)17-10)18-14(19-15)16-8-9-20-2/h3-7H,8-9,15H2,1-2H3,(H2,16,18,19). The Morgan fingerprint density at radius 1 is 1.35 bits per heavy atom. The van der Waals surface area contributed by atoms with Crippen molar-refractivity contribution < 1.29 is 4.74 Å². The van der Waals surface area contributed by atoms with E-state index in [2.05, 4.69) is 20.7 Å². The van der Waals surface area contributed by atoms with Crippen molar-refractivity contribution in [1.82, 2.24) is 10.4 Å². The number of rotatable bonds is 4. The highest BCUT2D eigenvalue weighted by Gasteiger charge is 2.04. The molecule has 0 spiro atoms. The van der Waals surface area contributed by atoms with E-state index in [1.54, 1.807) is 7.11 Å². The Labute approximate surface area is 118 Å². The fraction of sp³-hybridized carbons (Fsp3) is 0.286. The predicted molar refractivity (Wildman–Crippen MR) is 81.6 cm³/mol. The highest BCUT2D eigenvalue weighted by atomic mass is 16.5. The van der Waals surface area contributed by atoms with Crippen LogP contribution in [0, 0.1) is 6.92 Å². The van der Waals surface area contributed by atoms with Gasteiger partial charge in [-0.3, -0.25) is 10.4 Å². The summed E-state index contributed by atoms with van der Waals surface area (Å²) in [4.78, 5) is 8.82. The molecule has 0 unspecified atom stereocenters. The van der Waals surface area contributed by atoms with Crippen LogP contribution < -0.4 is 16.6 Å². The molecule has 106 valence electrons. The molecule has 0 aliphatic heterocycles. The van der Waals surface area contributed by atoms with E-state index in [-0.39, 0.29) is 0 Å². The van der Waals surface area contributed by atoms with Gasteiger partial charge in [-0.2, -0.15) is 0 Å². The summed E-state index contributed by atoms with van der Waals surface area (Å²) in [7, 11) is 1.63. The quantitative estimate of drug-likeness (QED) is 0.258. The average Bonchev–Trinajstić information content (AvgIpc) is 2.47. The van der Waals surface area contributed by atoms with Crippen molar-refractivity contribution in [2.75, 3.05) is 25.6 Å². The van der Waals surface area contributed by atoms with Crippen LogP contribution in [0.4, 0.5) is 5.69 Å². The predicted octanol–water partition coefficient (Wildman–Crippen LogP) is 1.42. The van der Waals surface area contributed by atoms with Crippen LogP contribution in [-0.4, -0.2) is 31.2 Å². The molecule has 0 saturated carbocycles. The van der Waals surface area contributed by atoms with Crippen LogP contribution in [-0.2, 0) is 4.74 Å². The monoisotopic (exact) mass is 273 g/mol. The van der Waals surface area contributed by atoms with E-state index >= 15 is 0 Å². The summed E-state index contributed by atoms with van der Waals surface area (Å²) in [5.74, 6) is 5.96. The van der Waals surface area contributed by atoms with Gasteiger partial charge in [0.05, 0.1) is 24.4 Å². The van der Waals surface area contributed by atoms with E-state index in [0.29, 0.717) is 19.1 Å². The maximum atomic E-state index is 5.47. The maximum absolute atomic E-state index is 5.47. The summed E-state index contributed by atoms with van der Waals surface area (Å²) < 4.78 is 4.96. The fourth-order valence-electron chi connectivity index (χ4n) is 1.84. The van der Waals surface area contributed by atoms with Gasteiger partial charge < -0.3 is 10.1 Å². The molecule has 6 nitrogen and oxygen atoms in total. The molecule has 4 N–H and O–H groups in total. The van der Waals surface area contributed by atoms with Crippen LogP contribution in [0.1, 0.15) is 5.69 Å². The lowest BCUT2D eigenvalue weighted by atomic mass is 10.2. The number of aliphatic imine (C=N–C) groups is 1. The molecule has 2 rings (SSSR count). The van der Waals surface area contributed by atoms with Crippen molar-refractivity contribution in [1.29, 1.82) is 0 Å². The Morgan fingerprint density at radius 3 is 2.95 bits per heavy atom. The molecule has 0 saturated heterocycles. The number of nitrogens with zero attached hydrogens (tertiary/aromatic N) is 2. The van der Waals surface area contributed by atoms with Gasteiger partial charge in [0.25, 0.3) is 0 Å². The molecule has 2 aromatic rings. The third-order valence-electron chi connectivity index (χ3n) is 2.81. The second-order valence-corrected chi connectivity index (χ2v) is 4.32. The zero-order chi connectivity index (χ0) is 14.4. The SMILES string of the molecule is COCCN=C(NN)Nc1cccc2ccc(C)nc12. The summed E-state index contributed by atoms with van der Waals surface area (Å²) in [6, 6.07) is 9.95. The molecular formula is C14H19N5O. The Balaban J connectivity index is 2.28. The number of anilines is 1. The van der Waals surface area contributed by atoms with Crippen molar-refractivity contribution in [3.05, 3.63) is 36.0 Å². The number of hydrazine groups is 1. The van der Waals surface area contributed by atoms with Gasteiger partial charge in [0.15, 0.2) is 0 Å². The van der Waals surface area contributed by atoms with Crippen molar-refractivity contribution in [3.63, 3.8) is 0 Å². The topological polar surface area (TPSA) is 84.6 Å². The molecular weight excluding hydrogens is 254 g/mol. The summed E-state index contributed by atoms with van der Waals surface area (Å²) in [5, 5.41) is 4.22. The lowest BCUT2D eigenvalue weighted by Gasteiger charge is -2.11. The fourth-order valence-corrected chi connectivity index (χ4v) is 1.84. The van der Waals surface area contributed by atoms with Crippen molar-refractivity contribution >= 4 is 22.5 Å². The molecule has 0 bridgehead atoms. The van der Waals surface area contributed by atoms with Gasteiger partial charge in [-0.15, -0.1) is 0 Å². The molecule has 20 heavy (non-hydrogen) atoms. The maximum Gasteiger partial charge on any atom is 0.210 e. The first-order chi connectivity index (χ1) is 9.74. The summed E-state index contributed by atoms with van der Waals surface area (Å²) in [6.07, 6.45) is 0. The number of hydrogen-bond acceptors (Lipinski definition) is 4. The van der Waals surface area contributed by atoms with Crippen LogP contribution in [0.2, 0.25) is 0 Å². The number of aromatic nitrogens is 1. The normalized spacial score (nSPS) is 11.7. The van der Waals surface area contributed by atoms with Crippen LogP contribution >= 0.6 is 0 Å². The number of ether oxygens (including phenoxy) is 1. The van der Waals surface area contributed by atoms with E-state index in [9.17, 15) is 0 Å². The number of pyridine rings is 1. The number of aryl methyl sites for hydroxylation is 1. The number of hydrogen-bond donors (Lipinski definition) is 3. The lowest BCUT2D eigenvalue weighted by molar-refractivity contribution is 0.208. The van der Waals surface area contributed by atoms with E-state index < -0.39 is 0 Å². The molecule has 0 amide bonds. The summed E-state index contributed by atoms with van der Waals surface area (Å²) in [6.45, 7) is 3.03. The van der Waals surface area contributed by atoms with Crippen molar-refractivity contribution in [2.24, 2.45) is 10.8 Å². The molecule has 0 fully saturated rings. The third kappa shape index (κ3) is 3.43. The largest absolute Gasteiger partial charge is 0.383 e. The van der Waals surface area contributed by atoms with Crippen molar-refractivity contribution in [3.8, 4) is 0 Å². The van der Waals surface area contributed by atoms with Gasteiger partial charge >= 0.3 is 0 Å². The number of nitrogens with two attached hydrogens (primary N) is 1. The Morgan fingerprint density at radius 2 is 2.20 bits per heavy atom. The lowest BCUT2D eigenvalue weighted by Crippen LogP contribution is -2.36.